The van der Waals surface area contributed by atoms with E-state index in [1.807, 2.05) is 13.0 Å². The molecule has 1 amide bonds. The van der Waals surface area contributed by atoms with Gasteiger partial charge in [-0.15, -0.1) is 0 Å². The Morgan fingerprint density at radius 2 is 2.08 bits per heavy atom. The molecule has 11 nitrogen and oxygen atoms in total. The number of hydrazone groups is 2. The van der Waals surface area contributed by atoms with Crippen molar-refractivity contribution in [2.45, 2.75) is 50.5 Å². The first-order valence-corrected chi connectivity index (χ1v) is 13.5. The normalized spacial score (nSPS) is 18.3. The summed E-state index contributed by atoms with van der Waals surface area (Å²) in [6, 6.07) is 8.84. The number of ether oxygens (including phenoxy) is 2. The van der Waals surface area contributed by atoms with Crippen LogP contribution < -0.4 is 20.7 Å². The Morgan fingerprint density at radius 3 is 2.77 bits per heavy atom. The van der Waals surface area contributed by atoms with Crippen molar-refractivity contribution >= 4 is 35.1 Å². The van der Waals surface area contributed by atoms with E-state index < -0.39 is 5.60 Å². The molecule has 1 aliphatic carbocycles. The van der Waals surface area contributed by atoms with Crippen LogP contribution in [0.1, 0.15) is 77.0 Å². The predicted molar refractivity (Wildman–Crippen MR) is 150 cm³/mol. The summed E-state index contributed by atoms with van der Waals surface area (Å²) in [7, 11) is 0. The van der Waals surface area contributed by atoms with E-state index in [1.165, 1.54) is 0 Å². The molecule has 11 heteroatoms. The molecule has 3 aromatic rings. The zero-order chi connectivity index (χ0) is 27.9. The number of Topliss-reactive ketones (excluding diaryl/α,β-unsaturated/α-hetero) is 1. The van der Waals surface area contributed by atoms with Crippen molar-refractivity contribution in [3.05, 3.63) is 59.0 Å². The fourth-order valence-electron chi connectivity index (χ4n) is 5.62. The van der Waals surface area contributed by atoms with Crippen molar-refractivity contribution in [3.8, 4) is 11.5 Å². The van der Waals surface area contributed by atoms with Crippen LogP contribution in [0, 0.1) is 0 Å². The molecule has 1 aromatic carbocycles. The van der Waals surface area contributed by atoms with Gasteiger partial charge in [0.2, 0.25) is 0 Å². The molecule has 40 heavy (non-hydrogen) atoms. The number of nitrogens with one attached hydrogen (secondary N) is 1. The van der Waals surface area contributed by atoms with Gasteiger partial charge in [0.15, 0.2) is 11.6 Å². The Kier molecular flexibility index (Phi) is 6.57. The number of carbonyl (C=O) groups is 2. The number of ketones is 1. The first kappa shape index (κ1) is 25.7. The minimum Gasteiger partial charge on any atom is -0.493 e. The predicted octanol–water partition coefficient (Wildman–Crippen LogP) is 3.37. The van der Waals surface area contributed by atoms with E-state index in [0.717, 1.165) is 29.4 Å². The van der Waals surface area contributed by atoms with Gasteiger partial charge in [-0.3, -0.25) is 20.0 Å². The molecular weight excluding hydrogens is 510 g/mol. The average molecular weight is 542 g/mol. The second-order valence-electron chi connectivity index (χ2n) is 10.4. The van der Waals surface area contributed by atoms with E-state index in [2.05, 4.69) is 27.3 Å². The summed E-state index contributed by atoms with van der Waals surface area (Å²) < 4.78 is 12.3. The van der Waals surface area contributed by atoms with Crippen LogP contribution in [0.2, 0.25) is 0 Å². The van der Waals surface area contributed by atoms with Gasteiger partial charge in [0.1, 0.15) is 22.8 Å². The van der Waals surface area contributed by atoms with E-state index >= 15 is 0 Å². The Balaban J connectivity index is 1.21. The number of fused-ring (bicyclic) bond motifs is 2. The SMILES string of the molecule is C=NN/C(=N\N)c1ccc2c(c1)C(=O)CC1(CCN(C(=O)c3cc(OCC)c4ccnc(C5CC5)c4n3)CC1)O2. The lowest BCUT2D eigenvalue weighted by Gasteiger charge is -2.44. The van der Waals surface area contributed by atoms with Crippen molar-refractivity contribution in [1.82, 2.24) is 20.3 Å². The van der Waals surface area contributed by atoms with Crippen LogP contribution in [-0.2, 0) is 0 Å². The summed E-state index contributed by atoms with van der Waals surface area (Å²) in [5.41, 5.74) is 5.06. The lowest BCUT2D eigenvalue weighted by atomic mass is 9.82. The van der Waals surface area contributed by atoms with Gasteiger partial charge in [-0.05, 0) is 44.0 Å². The number of aromatic nitrogens is 2. The van der Waals surface area contributed by atoms with E-state index in [9.17, 15) is 9.59 Å². The third-order valence-corrected chi connectivity index (χ3v) is 7.84. The Morgan fingerprint density at radius 1 is 1.27 bits per heavy atom. The topological polar surface area (TPSA) is 144 Å². The quantitative estimate of drug-likeness (QED) is 0.209. The highest BCUT2D eigenvalue weighted by Gasteiger charge is 2.44. The van der Waals surface area contributed by atoms with Crippen molar-refractivity contribution in [2.75, 3.05) is 19.7 Å². The number of carbonyl (C=O) groups excluding carboxylic acids is 2. The molecule has 3 N–H and O–H groups in total. The molecule has 3 aliphatic rings. The third-order valence-electron chi connectivity index (χ3n) is 7.84. The minimum atomic E-state index is -0.662. The van der Waals surface area contributed by atoms with E-state index in [1.54, 1.807) is 35.4 Å². The number of benzene rings is 1. The molecule has 6 rings (SSSR count). The smallest absolute Gasteiger partial charge is 0.272 e. The van der Waals surface area contributed by atoms with Crippen LogP contribution in [0.4, 0.5) is 0 Å². The Labute approximate surface area is 231 Å². The molecular formula is C29H31N7O4. The number of piperidine rings is 1. The van der Waals surface area contributed by atoms with Gasteiger partial charge in [0, 0.05) is 61.8 Å². The maximum atomic E-state index is 13.7. The molecule has 4 heterocycles. The molecule has 0 atom stereocenters. The van der Waals surface area contributed by atoms with Gasteiger partial charge < -0.3 is 20.2 Å². The maximum Gasteiger partial charge on any atom is 0.272 e. The summed E-state index contributed by atoms with van der Waals surface area (Å²) >= 11 is 0. The molecule has 2 aromatic heterocycles. The van der Waals surface area contributed by atoms with Gasteiger partial charge in [-0.1, -0.05) is 0 Å². The van der Waals surface area contributed by atoms with Crippen molar-refractivity contribution < 1.29 is 19.1 Å². The Hall–Kier alpha value is -4.54. The second-order valence-corrected chi connectivity index (χ2v) is 10.4. The highest BCUT2D eigenvalue weighted by Crippen LogP contribution is 2.43. The van der Waals surface area contributed by atoms with Crippen LogP contribution in [0.15, 0.2) is 46.7 Å². The van der Waals surface area contributed by atoms with Crippen LogP contribution in [0.25, 0.3) is 10.9 Å². The summed E-state index contributed by atoms with van der Waals surface area (Å²) in [6.07, 6.45) is 5.24. The number of nitrogens with zero attached hydrogens (tertiary/aromatic N) is 5. The van der Waals surface area contributed by atoms with Gasteiger partial charge in [0.05, 0.1) is 29.8 Å². The third kappa shape index (κ3) is 4.61. The number of hydrogen-bond acceptors (Lipinski definition) is 9. The summed E-state index contributed by atoms with van der Waals surface area (Å²) in [4.78, 5) is 38.0. The molecule has 0 radical (unpaired) electrons. The summed E-state index contributed by atoms with van der Waals surface area (Å²) in [5.74, 6) is 7.10. The highest BCUT2D eigenvalue weighted by atomic mass is 16.5. The zero-order valence-electron chi connectivity index (χ0n) is 22.4. The molecule has 1 saturated heterocycles. The van der Waals surface area contributed by atoms with E-state index in [-0.39, 0.29) is 18.1 Å². The van der Waals surface area contributed by atoms with Gasteiger partial charge in [-0.2, -0.15) is 10.2 Å². The van der Waals surface area contributed by atoms with Crippen molar-refractivity contribution in [1.29, 1.82) is 0 Å². The standard InChI is InChI=1S/C29H31N7O4/c1-3-39-24-15-21(33-26-19(24)8-11-32-25(26)17-4-5-17)28(38)36-12-9-29(10-13-36)16-22(37)20-14-18(6-7-23(20)40-29)27(34-30)35-31-2/h6-8,11,14-15,17H,2-5,9-10,12-13,16,30H2,1H3,(H,34,35). The van der Waals surface area contributed by atoms with Crippen LogP contribution in [0.5, 0.6) is 11.5 Å². The van der Waals surface area contributed by atoms with Crippen molar-refractivity contribution in [2.24, 2.45) is 16.0 Å². The monoisotopic (exact) mass is 541 g/mol. The van der Waals surface area contributed by atoms with Crippen LogP contribution in [0.3, 0.4) is 0 Å². The molecule has 2 fully saturated rings. The van der Waals surface area contributed by atoms with Gasteiger partial charge in [0.25, 0.3) is 5.91 Å². The second kappa shape index (κ2) is 10.2. The fraction of sp³-hybridized carbons (Fsp3) is 0.379. The van der Waals surface area contributed by atoms with Gasteiger partial charge >= 0.3 is 0 Å². The summed E-state index contributed by atoms with van der Waals surface area (Å²) in [5, 5.41) is 8.14. The lowest BCUT2D eigenvalue weighted by molar-refractivity contribution is -0.00585. The lowest BCUT2D eigenvalue weighted by Crippen LogP contribution is -2.52. The first-order chi connectivity index (χ1) is 19.4. The molecule has 1 saturated carbocycles. The fourth-order valence-corrected chi connectivity index (χ4v) is 5.62. The highest BCUT2D eigenvalue weighted by molar-refractivity contribution is 6.05. The average Bonchev–Trinajstić information content (AvgIpc) is 3.81. The zero-order valence-corrected chi connectivity index (χ0v) is 22.4. The van der Waals surface area contributed by atoms with Crippen LogP contribution >= 0.6 is 0 Å². The number of pyridine rings is 2. The van der Waals surface area contributed by atoms with Gasteiger partial charge in [-0.25, -0.2) is 4.98 Å². The molecule has 0 unspecified atom stereocenters. The largest absolute Gasteiger partial charge is 0.493 e. The number of nitrogens with two attached hydrogens (primary N) is 1. The number of amides is 1. The van der Waals surface area contributed by atoms with E-state index in [4.69, 9.17) is 20.3 Å². The number of hydrogen-bond donors (Lipinski definition) is 2. The number of rotatable bonds is 6. The summed E-state index contributed by atoms with van der Waals surface area (Å²) in [6.45, 7) is 6.68. The molecule has 206 valence electrons. The Bertz CT molecular complexity index is 1540. The first-order valence-electron chi connectivity index (χ1n) is 13.5. The van der Waals surface area contributed by atoms with Crippen molar-refractivity contribution in [3.63, 3.8) is 0 Å². The maximum absolute atomic E-state index is 13.7. The molecule has 0 bridgehead atoms. The van der Waals surface area contributed by atoms with Crippen LogP contribution in [-0.4, -0.2) is 64.4 Å². The number of amidine groups is 1. The molecule has 2 aliphatic heterocycles. The minimum absolute atomic E-state index is 0.0246. The van der Waals surface area contributed by atoms with E-state index in [0.29, 0.717) is 72.6 Å². The number of likely N-dealkylation sites (tertiary alicyclic amines) is 1. The molecule has 1 spiro atoms.